The van der Waals surface area contributed by atoms with Crippen molar-refractivity contribution in [2.45, 2.75) is 13.3 Å². The minimum Gasteiger partial charge on any atom is -0.300 e. The highest BCUT2D eigenvalue weighted by atomic mass is 79.9. The Balaban J connectivity index is 2.54. The van der Waals surface area contributed by atoms with Gasteiger partial charge in [0.05, 0.1) is 0 Å². The maximum absolute atomic E-state index is 11.8. The Labute approximate surface area is 107 Å². The Kier molecular flexibility index (Phi) is 3.07. The summed E-state index contributed by atoms with van der Waals surface area (Å²) in [7, 11) is 0. The predicted molar refractivity (Wildman–Crippen MR) is 66.8 cm³/mol. The zero-order valence-corrected chi connectivity index (χ0v) is 10.7. The second-order valence-corrected chi connectivity index (χ2v) is 4.85. The number of Topliss-reactive ketones (excluding diaryl/α,β-unsaturated/α-hetero) is 3. The van der Waals surface area contributed by atoms with Gasteiger partial charge in [-0.1, -0.05) is 15.9 Å². The largest absolute Gasteiger partial charge is 0.300 e. The van der Waals surface area contributed by atoms with E-state index < -0.39 is 11.6 Å². The van der Waals surface area contributed by atoms with Crippen LogP contribution < -0.4 is 0 Å². The van der Waals surface area contributed by atoms with Crippen molar-refractivity contribution < 1.29 is 14.4 Å². The van der Waals surface area contributed by atoms with Gasteiger partial charge >= 0.3 is 0 Å². The fourth-order valence-corrected chi connectivity index (χ4v) is 2.16. The molecule has 0 aromatic heterocycles. The van der Waals surface area contributed by atoms with Crippen molar-refractivity contribution in [3.05, 3.63) is 39.4 Å². The number of fused-ring (bicyclic) bond motifs is 1. The number of ketones is 3. The van der Waals surface area contributed by atoms with Crippen LogP contribution in [0.15, 0.2) is 28.2 Å². The summed E-state index contributed by atoms with van der Waals surface area (Å²) in [5, 5.41) is 0. The van der Waals surface area contributed by atoms with E-state index in [1.165, 1.54) is 6.92 Å². The molecule has 1 aromatic carbocycles. The quantitative estimate of drug-likeness (QED) is 0.787. The fourth-order valence-electron chi connectivity index (χ4n) is 1.78. The van der Waals surface area contributed by atoms with Crippen LogP contribution in [0.25, 0.3) is 6.08 Å². The van der Waals surface area contributed by atoms with Crippen molar-refractivity contribution >= 4 is 39.4 Å². The van der Waals surface area contributed by atoms with Crippen LogP contribution >= 0.6 is 15.9 Å². The first-order valence-electron chi connectivity index (χ1n) is 5.07. The highest BCUT2D eigenvalue weighted by Crippen LogP contribution is 2.26. The molecule has 0 spiro atoms. The van der Waals surface area contributed by atoms with Gasteiger partial charge in [-0.3, -0.25) is 14.4 Å². The SMILES string of the molecule is CC(=O)CC1=Cc2cc(Br)ccc2C(=O)C1=O. The first-order chi connectivity index (χ1) is 7.99. The third-order valence-electron chi connectivity index (χ3n) is 2.53. The molecule has 0 saturated carbocycles. The summed E-state index contributed by atoms with van der Waals surface area (Å²) < 4.78 is 0.830. The first kappa shape index (κ1) is 11.9. The van der Waals surface area contributed by atoms with Crippen LogP contribution in [0.1, 0.15) is 29.3 Å². The van der Waals surface area contributed by atoms with Crippen LogP contribution in [-0.4, -0.2) is 17.3 Å². The van der Waals surface area contributed by atoms with Crippen LogP contribution in [0.4, 0.5) is 0 Å². The number of carbonyl (C=O) groups excluding carboxylic acids is 3. The van der Waals surface area contributed by atoms with E-state index in [2.05, 4.69) is 15.9 Å². The third kappa shape index (κ3) is 2.26. The van der Waals surface area contributed by atoms with E-state index in [1.54, 1.807) is 24.3 Å². The van der Waals surface area contributed by atoms with Crippen molar-refractivity contribution in [3.8, 4) is 0 Å². The number of carbonyl (C=O) groups is 3. The molecule has 0 amide bonds. The number of rotatable bonds is 2. The van der Waals surface area contributed by atoms with E-state index >= 15 is 0 Å². The molecule has 0 atom stereocenters. The number of allylic oxidation sites excluding steroid dienone is 1. The summed E-state index contributed by atoms with van der Waals surface area (Å²) in [6.07, 6.45) is 1.63. The van der Waals surface area contributed by atoms with Gasteiger partial charge in [-0.05, 0) is 36.8 Å². The number of benzene rings is 1. The molecular weight excluding hydrogens is 284 g/mol. The Bertz CT molecular complexity index is 570. The molecular formula is C13H9BrO3. The van der Waals surface area contributed by atoms with Gasteiger partial charge in [0.1, 0.15) is 5.78 Å². The van der Waals surface area contributed by atoms with E-state index in [9.17, 15) is 14.4 Å². The van der Waals surface area contributed by atoms with Crippen LogP contribution in [0, 0.1) is 0 Å². The summed E-state index contributed by atoms with van der Waals surface area (Å²) >= 11 is 3.30. The molecule has 0 saturated heterocycles. The van der Waals surface area contributed by atoms with E-state index in [0.717, 1.165) is 4.47 Å². The van der Waals surface area contributed by atoms with Crippen molar-refractivity contribution in [1.29, 1.82) is 0 Å². The van der Waals surface area contributed by atoms with Gasteiger partial charge in [0.2, 0.25) is 11.6 Å². The number of halogens is 1. The van der Waals surface area contributed by atoms with Gasteiger partial charge in [0.25, 0.3) is 0 Å². The highest BCUT2D eigenvalue weighted by Gasteiger charge is 2.27. The molecule has 0 heterocycles. The van der Waals surface area contributed by atoms with Gasteiger partial charge < -0.3 is 0 Å². The Morgan fingerprint density at radius 3 is 2.59 bits per heavy atom. The molecule has 4 heteroatoms. The third-order valence-corrected chi connectivity index (χ3v) is 3.02. The lowest BCUT2D eigenvalue weighted by Crippen LogP contribution is -2.22. The molecule has 0 aliphatic heterocycles. The fraction of sp³-hybridized carbons (Fsp3) is 0.154. The Morgan fingerprint density at radius 2 is 1.94 bits per heavy atom. The monoisotopic (exact) mass is 292 g/mol. The van der Waals surface area contributed by atoms with Gasteiger partial charge in [0, 0.05) is 22.0 Å². The standard InChI is InChI=1S/C13H9BrO3/c1-7(15)4-9-5-8-6-10(14)2-3-11(8)13(17)12(9)16/h2-3,5-6H,4H2,1H3. The summed E-state index contributed by atoms with van der Waals surface area (Å²) in [6.45, 7) is 1.40. The van der Waals surface area contributed by atoms with E-state index in [1.807, 2.05) is 0 Å². The second kappa shape index (κ2) is 4.37. The average Bonchev–Trinajstić information content (AvgIpc) is 2.24. The minimum atomic E-state index is -0.574. The second-order valence-electron chi connectivity index (χ2n) is 3.94. The van der Waals surface area contributed by atoms with E-state index in [0.29, 0.717) is 11.1 Å². The maximum atomic E-state index is 11.8. The summed E-state index contributed by atoms with van der Waals surface area (Å²) in [4.78, 5) is 34.6. The molecule has 2 rings (SSSR count). The van der Waals surface area contributed by atoms with E-state index in [4.69, 9.17) is 0 Å². The van der Waals surface area contributed by atoms with Gasteiger partial charge in [-0.15, -0.1) is 0 Å². The normalized spacial score (nSPS) is 14.4. The Hall–Kier alpha value is -1.55. The van der Waals surface area contributed by atoms with Gasteiger partial charge in [-0.25, -0.2) is 0 Å². The van der Waals surface area contributed by atoms with Crippen LogP contribution in [0.5, 0.6) is 0 Å². The van der Waals surface area contributed by atoms with Crippen LogP contribution in [0.2, 0.25) is 0 Å². The molecule has 0 N–H and O–H groups in total. The lowest BCUT2D eigenvalue weighted by molar-refractivity contribution is -0.118. The molecule has 0 bridgehead atoms. The van der Waals surface area contributed by atoms with Crippen molar-refractivity contribution in [3.63, 3.8) is 0 Å². The minimum absolute atomic E-state index is 0.0104. The molecule has 0 radical (unpaired) electrons. The maximum Gasteiger partial charge on any atom is 0.233 e. The topological polar surface area (TPSA) is 51.2 Å². The lowest BCUT2D eigenvalue weighted by atomic mass is 9.88. The first-order valence-corrected chi connectivity index (χ1v) is 5.87. The summed E-state index contributed by atoms with van der Waals surface area (Å²) in [5.74, 6) is -1.24. The number of hydrogen-bond donors (Lipinski definition) is 0. The highest BCUT2D eigenvalue weighted by molar-refractivity contribution is 9.10. The number of hydrogen-bond acceptors (Lipinski definition) is 3. The average molecular weight is 293 g/mol. The molecule has 17 heavy (non-hydrogen) atoms. The van der Waals surface area contributed by atoms with Gasteiger partial charge in [0.15, 0.2) is 0 Å². The zero-order chi connectivity index (χ0) is 12.6. The molecule has 86 valence electrons. The summed E-state index contributed by atoms with van der Waals surface area (Å²) in [5.41, 5.74) is 1.35. The smallest absolute Gasteiger partial charge is 0.233 e. The molecule has 1 aliphatic rings. The zero-order valence-electron chi connectivity index (χ0n) is 9.12. The van der Waals surface area contributed by atoms with Gasteiger partial charge in [-0.2, -0.15) is 0 Å². The molecule has 0 unspecified atom stereocenters. The Morgan fingerprint density at radius 1 is 1.24 bits per heavy atom. The van der Waals surface area contributed by atoms with Crippen molar-refractivity contribution in [2.24, 2.45) is 0 Å². The van der Waals surface area contributed by atoms with E-state index in [-0.39, 0.29) is 17.8 Å². The van der Waals surface area contributed by atoms with Crippen molar-refractivity contribution in [1.82, 2.24) is 0 Å². The predicted octanol–water partition coefficient (Wildman–Crippen LogP) is 2.58. The van der Waals surface area contributed by atoms with Crippen molar-refractivity contribution in [2.75, 3.05) is 0 Å². The molecule has 1 aliphatic carbocycles. The lowest BCUT2D eigenvalue weighted by Gasteiger charge is -2.13. The summed E-state index contributed by atoms with van der Waals surface area (Å²) in [6, 6.07) is 5.09. The van der Waals surface area contributed by atoms with Crippen LogP contribution in [0.3, 0.4) is 0 Å². The molecule has 1 aromatic rings. The van der Waals surface area contributed by atoms with Crippen LogP contribution in [-0.2, 0) is 9.59 Å². The molecule has 3 nitrogen and oxygen atoms in total. The molecule has 0 fully saturated rings.